The molecule has 0 aliphatic heterocycles. The molecule has 1 N–H and O–H groups in total. The highest BCUT2D eigenvalue weighted by molar-refractivity contribution is 7.87. The Bertz CT molecular complexity index is 1850. The molecular weight excluding hydrogens is 869 g/mol. The standard InChI is InChI=1S/C44H56F12O5S/c1-6-36(62(58,59)61-38-24-28-21-29(25-38)23-30(22-28)26-38)12-8-11-32(33-15-19-35(20-16-33)40(43(51,52)53,44(54,55)56)60-37(3,4)5)10-7-9-27(2)31-13-17-34(18-14-31)39(57,41(45,46)47)42(48,49)50/h13-20,27-30,32,36,57H,6-12,21-26H2,1-5H3. The zero-order valence-electron chi connectivity index (χ0n) is 35.3. The van der Waals surface area contributed by atoms with E-state index in [1.54, 1.807) is 13.8 Å². The molecule has 0 amide bonds. The number of rotatable bonds is 17. The maximum atomic E-state index is 14.5. The summed E-state index contributed by atoms with van der Waals surface area (Å²) in [7, 11) is -4.02. The first-order chi connectivity index (χ1) is 28.3. The molecule has 4 saturated carbocycles. The maximum absolute atomic E-state index is 14.5. The van der Waals surface area contributed by atoms with Crippen molar-refractivity contribution >= 4 is 10.1 Å². The Morgan fingerprint density at radius 2 is 1.06 bits per heavy atom. The van der Waals surface area contributed by atoms with Gasteiger partial charge in [0.25, 0.3) is 21.3 Å². The molecule has 0 saturated heterocycles. The summed E-state index contributed by atoms with van der Waals surface area (Å²) in [5.41, 5.74) is -14.2. The fraction of sp³-hybridized carbons (Fsp3) is 0.727. The van der Waals surface area contributed by atoms with Crippen LogP contribution >= 0.6 is 0 Å². The molecule has 2 aromatic carbocycles. The first-order valence-electron chi connectivity index (χ1n) is 21.1. The Balaban J connectivity index is 1.36. The summed E-state index contributed by atoms with van der Waals surface area (Å²) < 4.78 is 206. The zero-order valence-corrected chi connectivity index (χ0v) is 36.1. The van der Waals surface area contributed by atoms with E-state index in [-0.39, 0.29) is 19.3 Å². The van der Waals surface area contributed by atoms with E-state index in [1.165, 1.54) is 0 Å². The van der Waals surface area contributed by atoms with Crippen LogP contribution in [0.3, 0.4) is 0 Å². The first-order valence-corrected chi connectivity index (χ1v) is 22.6. The van der Waals surface area contributed by atoms with E-state index < -0.39 is 85.4 Å². The summed E-state index contributed by atoms with van der Waals surface area (Å²) in [6.45, 7) is 6.61. The number of halogens is 12. The lowest BCUT2D eigenvalue weighted by atomic mass is 9.54. The maximum Gasteiger partial charge on any atom is 0.430 e. The van der Waals surface area contributed by atoms with Gasteiger partial charge in [-0.3, -0.25) is 4.18 Å². The van der Waals surface area contributed by atoms with E-state index in [9.17, 15) is 66.2 Å². The minimum Gasteiger partial charge on any atom is -0.369 e. The Morgan fingerprint density at radius 3 is 1.47 bits per heavy atom. The molecule has 18 heteroatoms. The predicted octanol–water partition coefficient (Wildman–Crippen LogP) is 13.5. The molecule has 0 heterocycles. The summed E-state index contributed by atoms with van der Waals surface area (Å²) in [6, 6.07) is 6.95. The van der Waals surface area contributed by atoms with E-state index in [1.807, 2.05) is 0 Å². The average molecular weight is 925 g/mol. The molecule has 0 spiro atoms. The molecule has 3 unspecified atom stereocenters. The number of hydrogen-bond acceptors (Lipinski definition) is 5. The number of benzene rings is 2. The van der Waals surface area contributed by atoms with Crippen LogP contribution in [0.1, 0.15) is 152 Å². The molecule has 5 nitrogen and oxygen atoms in total. The number of alkyl halides is 12. The highest BCUT2D eigenvalue weighted by Gasteiger charge is 2.74. The van der Waals surface area contributed by atoms with Crippen LogP contribution in [0.2, 0.25) is 0 Å². The zero-order chi connectivity index (χ0) is 46.5. The predicted molar refractivity (Wildman–Crippen MR) is 207 cm³/mol. The lowest BCUT2D eigenvalue weighted by Crippen LogP contribution is -2.58. The second kappa shape index (κ2) is 17.7. The lowest BCUT2D eigenvalue weighted by Gasteiger charge is -2.55. The topological polar surface area (TPSA) is 72.8 Å². The Kier molecular flexibility index (Phi) is 14.4. The van der Waals surface area contributed by atoms with Crippen LogP contribution in [0.25, 0.3) is 0 Å². The molecule has 3 atom stereocenters. The van der Waals surface area contributed by atoms with Crippen molar-refractivity contribution in [1.29, 1.82) is 0 Å². The highest BCUT2D eigenvalue weighted by atomic mass is 32.2. The Hall–Kier alpha value is -2.57. The quantitative estimate of drug-likeness (QED) is 0.126. The fourth-order valence-corrected chi connectivity index (χ4v) is 12.3. The van der Waals surface area contributed by atoms with Gasteiger partial charge in [-0.15, -0.1) is 0 Å². The summed E-state index contributed by atoms with van der Waals surface area (Å²) in [5.74, 6) is 0.360. The van der Waals surface area contributed by atoms with Gasteiger partial charge in [0.2, 0.25) is 0 Å². The third kappa shape index (κ3) is 10.4. The molecule has 62 heavy (non-hydrogen) atoms. The molecule has 2 aromatic rings. The van der Waals surface area contributed by atoms with Crippen LogP contribution in [0.15, 0.2) is 48.5 Å². The van der Waals surface area contributed by atoms with Crippen molar-refractivity contribution < 1.29 is 75.1 Å². The summed E-state index contributed by atoms with van der Waals surface area (Å²) in [6.07, 6.45) is -16.7. The van der Waals surface area contributed by atoms with Crippen LogP contribution in [0.5, 0.6) is 0 Å². The van der Waals surface area contributed by atoms with Gasteiger partial charge >= 0.3 is 24.7 Å². The summed E-state index contributed by atoms with van der Waals surface area (Å²) >= 11 is 0. The molecular formula is C44H56F12O5S. The van der Waals surface area contributed by atoms with Crippen molar-refractivity contribution in [3.63, 3.8) is 0 Å². The van der Waals surface area contributed by atoms with Crippen molar-refractivity contribution in [2.24, 2.45) is 17.8 Å². The molecule has 0 aromatic heterocycles. The third-order valence-electron chi connectivity index (χ3n) is 13.2. The smallest absolute Gasteiger partial charge is 0.369 e. The van der Waals surface area contributed by atoms with Crippen molar-refractivity contribution in [1.82, 2.24) is 0 Å². The van der Waals surface area contributed by atoms with Crippen LogP contribution in [-0.4, -0.2) is 54.7 Å². The molecule has 6 rings (SSSR count). The monoisotopic (exact) mass is 924 g/mol. The van der Waals surface area contributed by atoms with Crippen LogP contribution in [-0.2, 0) is 30.2 Å². The second-order valence-corrected chi connectivity index (χ2v) is 20.8. The normalized spacial score (nSPS) is 24.3. The molecule has 4 fully saturated rings. The fourth-order valence-electron chi connectivity index (χ4n) is 10.6. The van der Waals surface area contributed by atoms with Gasteiger partial charge in [0.1, 0.15) is 0 Å². The van der Waals surface area contributed by atoms with E-state index in [0.717, 1.165) is 76.4 Å². The number of aliphatic hydroxyl groups is 1. The average Bonchev–Trinajstić information content (AvgIpc) is 3.11. The van der Waals surface area contributed by atoms with Crippen molar-refractivity contribution in [2.45, 2.75) is 182 Å². The SMILES string of the molecule is CCC(CCCC(CCCC(C)c1ccc(C(O)(C(F)(F)F)C(F)(F)F)cc1)c1ccc(C(OC(C)(C)C)(C(F)(F)F)C(F)(F)F)cc1)S(=O)(=O)OC12CC3CC(CC(C3)C1)C2. The minimum atomic E-state index is -6.06. The van der Waals surface area contributed by atoms with E-state index in [4.69, 9.17) is 8.92 Å². The van der Waals surface area contributed by atoms with E-state index in [2.05, 4.69) is 0 Å². The van der Waals surface area contributed by atoms with Crippen LogP contribution < -0.4 is 0 Å². The van der Waals surface area contributed by atoms with Gasteiger partial charge in [-0.05, 0) is 132 Å². The number of ether oxygens (including phenoxy) is 1. The van der Waals surface area contributed by atoms with Crippen LogP contribution in [0, 0.1) is 17.8 Å². The van der Waals surface area contributed by atoms with Gasteiger partial charge in [-0.1, -0.05) is 75.2 Å². The van der Waals surface area contributed by atoms with E-state index in [0.29, 0.717) is 86.0 Å². The Labute approximate surface area is 355 Å². The lowest BCUT2D eigenvalue weighted by molar-refractivity contribution is -0.407. The van der Waals surface area contributed by atoms with Gasteiger partial charge in [0.15, 0.2) is 0 Å². The third-order valence-corrected chi connectivity index (χ3v) is 15.1. The molecule has 4 bridgehead atoms. The molecule has 4 aliphatic rings. The van der Waals surface area contributed by atoms with Gasteiger partial charge in [0, 0.05) is 11.1 Å². The number of hydrogen-bond donors (Lipinski definition) is 1. The van der Waals surface area contributed by atoms with Crippen LogP contribution in [0.4, 0.5) is 52.7 Å². The largest absolute Gasteiger partial charge is 0.430 e. The molecule has 4 aliphatic carbocycles. The van der Waals surface area contributed by atoms with E-state index >= 15 is 0 Å². The minimum absolute atomic E-state index is 0.176. The van der Waals surface area contributed by atoms with Gasteiger partial charge in [0.05, 0.1) is 16.5 Å². The first kappa shape index (κ1) is 50.4. The molecule has 0 radical (unpaired) electrons. The van der Waals surface area contributed by atoms with Crippen molar-refractivity contribution in [3.05, 3.63) is 70.8 Å². The summed E-state index contributed by atoms with van der Waals surface area (Å²) in [4.78, 5) is 0. The highest BCUT2D eigenvalue weighted by Crippen LogP contribution is 2.58. The van der Waals surface area contributed by atoms with Gasteiger partial charge < -0.3 is 9.84 Å². The Morgan fingerprint density at radius 1 is 0.645 bits per heavy atom. The van der Waals surface area contributed by atoms with Gasteiger partial charge in [-0.2, -0.15) is 61.1 Å². The summed E-state index contributed by atoms with van der Waals surface area (Å²) in [5, 5.41) is 8.90. The van der Waals surface area contributed by atoms with Gasteiger partial charge in [-0.25, -0.2) is 0 Å². The van der Waals surface area contributed by atoms with Crippen molar-refractivity contribution in [3.8, 4) is 0 Å². The second-order valence-electron chi connectivity index (χ2n) is 19.0. The van der Waals surface area contributed by atoms with Crippen molar-refractivity contribution in [2.75, 3.05) is 0 Å². The molecule has 352 valence electrons.